The smallest absolute Gasteiger partial charge is 0.267 e. The van der Waals surface area contributed by atoms with E-state index in [1.165, 1.54) is 16.7 Å². The Morgan fingerprint density at radius 3 is 2.55 bits per heavy atom. The number of aromatic nitrogens is 2. The number of nitrogens with zero attached hydrogens (tertiary/aromatic N) is 4. The summed E-state index contributed by atoms with van der Waals surface area (Å²) in [5.74, 6) is 1.50. The normalized spacial score (nSPS) is 24.2. The first-order valence-electron chi connectivity index (χ1n) is 9.74. The highest BCUT2D eigenvalue weighted by Crippen LogP contribution is 2.33. The molecule has 4 heterocycles. The van der Waals surface area contributed by atoms with Gasteiger partial charge in [-0.15, -0.1) is 0 Å². The number of carbonyl (C=O) groups excluding carboxylic acids is 1. The largest absolute Gasteiger partial charge is 0.355 e. The quantitative estimate of drug-likeness (QED) is 0.540. The van der Waals surface area contributed by atoms with Gasteiger partial charge in [0.1, 0.15) is 15.8 Å². The maximum absolute atomic E-state index is 13.4. The van der Waals surface area contributed by atoms with Gasteiger partial charge < -0.3 is 4.90 Å². The Morgan fingerprint density at radius 2 is 1.93 bits per heavy atom. The van der Waals surface area contributed by atoms with E-state index in [-0.39, 0.29) is 11.5 Å². The average Bonchev–Trinajstić information content (AvgIpc) is 2.90. The van der Waals surface area contributed by atoms with Crippen molar-refractivity contribution in [3.63, 3.8) is 0 Å². The van der Waals surface area contributed by atoms with E-state index in [1.807, 2.05) is 19.1 Å². The van der Waals surface area contributed by atoms with E-state index < -0.39 is 0 Å². The molecule has 8 heteroatoms. The van der Waals surface area contributed by atoms with Crippen LogP contribution >= 0.6 is 24.0 Å². The van der Waals surface area contributed by atoms with Gasteiger partial charge in [0.2, 0.25) is 0 Å². The molecule has 4 rings (SSSR count). The van der Waals surface area contributed by atoms with Crippen molar-refractivity contribution < 1.29 is 4.79 Å². The van der Waals surface area contributed by atoms with E-state index in [0.717, 1.165) is 25.1 Å². The highest BCUT2D eigenvalue weighted by atomic mass is 32.2. The highest BCUT2D eigenvalue weighted by Gasteiger charge is 2.31. The number of hydrogen-bond acceptors (Lipinski definition) is 6. The fourth-order valence-electron chi connectivity index (χ4n) is 4.18. The van der Waals surface area contributed by atoms with Crippen LogP contribution in [0.3, 0.4) is 0 Å². The van der Waals surface area contributed by atoms with E-state index in [4.69, 9.17) is 17.2 Å². The molecule has 0 spiro atoms. The summed E-state index contributed by atoms with van der Waals surface area (Å²) in [6.07, 6.45) is 4.56. The van der Waals surface area contributed by atoms with Crippen molar-refractivity contribution in [2.45, 2.75) is 27.2 Å². The van der Waals surface area contributed by atoms with Crippen molar-refractivity contribution in [1.29, 1.82) is 0 Å². The first-order valence-corrected chi connectivity index (χ1v) is 11.0. The zero-order valence-electron chi connectivity index (χ0n) is 17.0. The predicted octanol–water partition coefficient (Wildman–Crippen LogP) is 3.32. The van der Waals surface area contributed by atoms with Crippen LogP contribution < -0.4 is 10.5 Å². The lowest BCUT2D eigenvalue weighted by molar-refractivity contribution is -0.121. The summed E-state index contributed by atoms with van der Waals surface area (Å²) in [6, 6.07) is 3.79. The fourth-order valence-corrected chi connectivity index (χ4v) is 5.34. The number of pyridine rings is 1. The van der Waals surface area contributed by atoms with E-state index in [9.17, 15) is 9.59 Å². The molecule has 6 nitrogen and oxygen atoms in total. The standard InChI is InChI=1S/C21H24N4O2S2/c1-12-8-13(2)11-24(10-12)18-15(9-16-20(27)23(4)21(28)29-16)19(26)25-7-5-6-14(3)17(25)22-18/h5-7,9,12-13H,8,10-11H2,1-4H3/b16-9+/t12-,13+. The Kier molecular flexibility index (Phi) is 5.25. The van der Waals surface area contributed by atoms with Crippen LogP contribution in [0.25, 0.3) is 11.7 Å². The summed E-state index contributed by atoms with van der Waals surface area (Å²) in [5.41, 5.74) is 1.87. The van der Waals surface area contributed by atoms with Crippen molar-refractivity contribution in [2.75, 3.05) is 25.0 Å². The maximum atomic E-state index is 13.4. The van der Waals surface area contributed by atoms with Crippen LogP contribution in [0.5, 0.6) is 0 Å². The molecule has 0 N–H and O–H groups in total. The minimum Gasteiger partial charge on any atom is -0.355 e. The molecule has 2 aromatic heterocycles. The van der Waals surface area contributed by atoms with Crippen LogP contribution in [-0.4, -0.2) is 44.6 Å². The molecule has 2 fully saturated rings. The van der Waals surface area contributed by atoms with E-state index in [0.29, 0.717) is 38.1 Å². The number of carbonyl (C=O) groups is 1. The summed E-state index contributed by atoms with van der Waals surface area (Å²) in [6.45, 7) is 8.09. The Labute approximate surface area is 179 Å². The second-order valence-corrected chi connectivity index (χ2v) is 9.81. The number of rotatable bonds is 2. The Hall–Kier alpha value is -2.19. The third-order valence-corrected chi connectivity index (χ3v) is 6.98. The minimum atomic E-state index is -0.180. The minimum absolute atomic E-state index is 0.166. The van der Waals surface area contributed by atoms with E-state index in [1.54, 1.807) is 23.7 Å². The molecule has 2 aromatic rings. The van der Waals surface area contributed by atoms with Gasteiger partial charge in [-0.05, 0) is 42.9 Å². The molecule has 0 aliphatic carbocycles. The number of fused-ring (bicyclic) bond motifs is 1. The SMILES string of the molecule is Cc1cccn2c(=O)c(/C=C3/SC(=S)N(C)C3=O)c(N3C[C@H](C)C[C@H](C)C3)nc12. The molecule has 2 aliphatic heterocycles. The third-order valence-electron chi connectivity index (χ3n) is 5.49. The molecule has 0 saturated carbocycles. The Balaban J connectivity index is 1.94. The van der Waals surface area contributed by atoms with Crippen molar-refractivity contribution in [3.8, 4) is 0 Å². The van der Waals surface area contributed by atoms with Gasteiger partial charge in [0.25, 0.3) is 11.5 Å². The van der Waals surface area contributed by atoms with Gasteiger partial charge in [-0.3, -0.25) is 18.9 Å². The van der Waals surface area contributed by atoms with Gasteiger partial charge in [0, 0.05) is 26.3 Å². The molecule has 0 radical (unpaired) electrons. The molecular formula is C21H24N4O2S2. The van der Waals surface area contributed by atoms with Gasteiger partial charge in [-0.1, -0.05) is 43.9 Å². The summed E-state index contributed by atoms with van der Waals surface area (Å²) in [7, 11) is 1.66. The summed E-state index contributed by atoms with van der Waals surface area (Å²) in [5, 5.41) is 0. The molecule has 2 atom stereocenters. The number of likely N-dealkylation sites (N-methyl/N-ethyl adjacent to an activating group) is 1. The van der Waals surface area contributed by atoms with Crippen molar-refractivity contribution >= 4 is 51.7 Å². The van der Waals surface area contributed by atoms with E-state index >= 15 is 0 Å². The van der Waals surface area contributed by atoms with Crippen LogP contribution in [0, 0.1) is 18.8 Å². The molecule has 0 aromatic carbocycles. The molecule has 2 saturated heterocycles. The topological polar surface area (TPSA) is 57.9 Å². The molecule has 2 aliphatic rings. The van der Waals surface area contributed by atoms with Crippen LogP contribution in [-0.2, 0) is 4.79 Å². The maximum Gasteiger partial charge on any atom is 0.267 e. The number of hydrogen-bond donors (Lipinski definition) is 0. The van der Waals surface area contributed by atoms with Crippen LogP contribution in [0.2, 0.25) is 0 Å². The number of aryl methyl sites for hydroxylation is 1. The third kappa shape index (κ3) is 3.59. The first-order chi connectivity index (χ1) is 13.8. The van der Waals surface area contributed by atoms with Crippen LogP contribution in [0.4, 0.5) is 5.82 Å². The van der Waals surface area contributed by atoms with Crippen molar-refractivity contribution in [3.05, 3.63) is 44.7 Å². The summed E-state index contributed by atoms with van der Waals surface area (Å²) < 4.78 is 2.06. The lowest BCUT2D eigenvalue weighted by Gasteiger charge is -2.36. The highest BCUT2D eigenvalue weighted by molar-refractivity contribution is 8.26. The zero-order chi connectivity index (χ0) is 20.9. The number of piperidine rings is 1. The Morgan fingerprint density at radius 1 is 1.24 bits per heavy atom. The van der Waals surface area contributed by atoms with Gasteiger partial charge in [0.15, 0.2) is 0 Å². The van der Waals surface area contributed by atoms with Crippen LogP contribution in [0.15, 0.2) is 28.0 Å². The average molecular weight is 429 g/mol. The molecule has 152 valence electrons. The van der Waals surface area contributed by atoms with Crippen molar-refractivity contribution in [2.24, 2.45) is 11.8 Å². The summed E-state index contributed by atoms with van der Waals surface area (Å²) in [4.78, 5) is 35.0. The number of thioether (sulfide) groups is 1. The van der Waals surface area contributed by atoms with Gasteiger partial charge in [-0.25, -0.2) is 4.98 Å². The second-order valence-electron chi connectivity index (χ2n) is 8.13. The molecule has 1 amide bonds. The Bertz CT molecular complexity index is 1100. The zero-order valence-corrected chi connectivity index (χ0v) is 18.6. The van der Waals surface area contributed by atoms with Gasteiger partial charge >= 0.3 is 0 Å². The van der Waals surface area contributed by atoms with Crippen LogP contribution in [0.1, 0.15) is 31.4 Å². The molecule has 0 unspecified atom stereocenters. The summed E-state index contributed by atoms with van der Waals surface area (Å²) >= 11 is 6.47. The van der Waals surface area contributed by atoms with Gasteiger partial charge in [0.05, 0.1) is 10.5 Å². The monoisotopic (exact) mass is 428 g/mol. The first kappa shape index (κ1) is 20.1. The lowest BCUT2D eigenvalue weighted by Crippen LogP contribution is -2.40. The predicted molar refractivity (Wildman–Crippen MR) is 122 cm³/mol. The van der Waals surface area contributed by atoms with Gasteiger partial charge in [-0.2, -0.15) is 0 Å². The molecule has 0 bridgehead atoms. The van der Waals surface area contributed by atoms with E-state index in [2.05, 4.69) is 18.7 Å². The number of anilines is 1. The van der Waals surface area contributed by atoms with Crippen molar-refractivity contribution in [1.82, 2.24) is 14.3 Å². The molecule has 29 heavy (non-hydrogen) atoms. The number of thiocarbonyl (C=S) groups is 1. The fraction of sp³-hybridized carbons (Fsp3) is 0.429. The second kappa shape index (κ2) is 7.57. The number of amides is 1. The molecular weight excluding hydrogens is 404 g/mol. The lowest BCUT2D eigenvalue weighted by atomic mass is 9.91.